The van der Waals surface area contributed by atoms with Crippen LogP contribution in [0.4, 0.5) is 11.6 Å². The molecular weight excluding hydrogens is 659 g/mol. The second kappa shape index (κ2) is 21.9. The van der Waals surface area contributed by atoms with Gasteiger partial charge in [-0.1, -0.05) is 23.7 Å². The number of rotatable bonds is 18. The van der Waals surface area contributed by atoms with E-state index in [-0.39, 0.29) is 79.5 Å². The molecule has 0 fully saturated rings. The number of nitrogens with two attached hydrogens (primary N) is 3. The summed E-state index contributed by atoms with van der Waals surface area (Å²) in [5, 5.41) is 60.2. The van der Waals surface area contributed by atoms with Crippen LogP contribution in [-0.2, 0) is 6.42 Å². The second-order valence-corrected chi connectivity index (χ2v) is 10.1. The van der Waals surface area contributed by atoms with E-state index in [1.165, 1.54) is 0 Å². The Balaban J connectivity index is 0.00000968. The van der Waals surface area contributed by atoms with Gasteiger partial charge in [-0.05, 0) is 37.0 Å². The van der Waals surface area contributed by atoms with E-state index < -0.39 is 43.5 Å². The molecule has 0 radical (unpaired) electrons. The van der Waals surface area contributed by atoms with Crippen LogP contribution in [0.3, 0.4) is 0 Å². The maximum atomic E-state index is 12.2. The van der Waals surface area contributed by atoms with E-state index >= 15 is 0 Å². The van der Waals surface area contributed by atoms with Crippen LogP contribution in [0, 0.1) is 0 Å². The average Bonchev–Trinajstić information content (AvgIpc) is 2.98. The van der Waals surface area contributed by atoms with Crippen LogP contribution < -0.4 is 27.3 Å². The van der Waals surface area contributed by atoms with E-state index in [1.807, 2.05) is 12.1 Å². The minimum absolute atomic E-state index is 0. The van der Waals surface area contributed by atoms with Crippen molar-refractivity contribution in [3.8, 4) is 5.75 Å². The Morgan fingerprint density at radius 3 is 2.07 bits per heavy atom. The van der Waals surface area contributed by atoms with Crippen LogP contribution in [0.25, 0.3) is 0 Å². The lowest BCUT2D eigenvalue weighted by atomic mass is 10.1. The largest absolute Gasteiger partial charge is 0.492 e. The summed E-state index contributed by atoms with van der Waals surface area (Å²) in [6.07, 6.45) is -2.96. The quantitative estimate of drug-likeness (QED) is 0.0472. The third-order valence-corrected chi connectivity index (χ3v) is 6.56. The second-order valence-electron chi connectivity index (χ2n) is 9.71. The summed E-state index contributed by atoms with van der Waals surface area (Å²) in [5.41, 5.74) is 17.7. The number of benzene rings is 1. The predicted molar refractivity (Wildman–Crippen MR) is 174 cm³/mol. The van der Waals surface area contributed by atoms with Crippen LogP contribution in [0.1, 0.15) is 28.9 Å². The van der Waals surface area contributed by atoms with Crippen LogP contribution in [0.5, 0.6) is 5.75 Å². The van der Waals surface area contributed by atoms with Crippen LogP contribution in [0.2, 0.25) is 5.15 Å². The topological polar surface area (TPSA) is 279 Å². The fourth-order valence-electron chi connectivity index (χ4n) is 3.79. The summed E-state index contributed by atoms with van der Waals surface area (Å²) in [6.45, 7) is -0.584. The van der Waals surface area contributed by atoms with Crippen molar-refractivity contribution in [3.05, 3.63) is 40.7 Å². The zero-order chi connectivity index (χ0) is 31.9. The van der Waals surface area contributed by atoms with Gasteiger partial charge < -0.3 is 57.9 Å². The highest BCUT2D eigenvalue weighted by Crippen LogP contribution is 2.18. The molecule has 45 heavy (non-hydrogen) atoms. The number of carbonyl (C=O) groups is 1. The number of aliphatic hydroxyl groups is 6. The first-order chi connectivity index (χ1) is 20.4. The molecule has 1 amide bonds. The van der Waals surface area contributed by atoms with Gasteiger partial charge in [-0.2, -0.15) is 4.99 Å². The van der Waals surface area contributed by atoms with E-state index in [2.05, 4.69) is 20.3 Å². The maximum Gasteiger partial charge on any atom is 0.302 e. The molecule has 256 valence electrons. The van der Waals surface area contributed by atoms with Gasteiger partial charge in [0.2, 0.25) is 0 Å². The number of hydrogen-bond donors (Lipinski definition) is 10. The smallest absolute Gasteiger partial charge is 0.302 e. The van der Waals surface area contributed by atoms with E-state index in [0.29, 0.717) is 12.3 Å². The molecule has 2 aromatic rings. The SMILES string of the molecule is Cl.Cl.NC(=NC(=O)c1nc(Cl)c(N)nc1N)NCCCCc1ccc(OCCN(C[C@@H](O)[C@H](O)CO)C[C@@H](O)[C@H](O)CO)cc1. The molecule has 0 unspecified atom stereocenters. The summed E-state index contributed by atoms with van der Waals surface area (Å²) in [5.74, 6) is -0.607. The number of aromatic nitrogens is 2. The molecule has 0 aliphatic heterocycles. The van der Waals surface area contributed by atoms with Gasteiger partial charge in [-0.3, -0.25) is 9.69 Å². The first-order valence-electron chi connectivity index (χ1n) is 13.5. The van der Waals surface area contributed by atoms with Gasteiger partial charge in [0, 0.05) is 26.2 Å². The lowest BCUT2D eigenvalue weighted by Gasteiger charge is -2.29. The highest BCUT2D eigenvalue weighted by molar-refractivity contribution is 6.31. The Hall–Kier alpha value is -2.77. The molecule has 0 aliphatic rings. The first-order valence-corrected chi connectivity index (χ1v) is 13.9. The Morgan fingerprint density at radius 2 is 1.51 bits per heavy atom. The number of guanidine groups is 1. The number of nitrogen functional groups attached to an aromatic ring is 2. The molecule has 0 bridgehead atoms. The van der Waals surface area contributed by atoms with Crippen LogP contribution in [-0.4, -0.2) is 128 Å². The summed E-state index contributed by atoms with van der Waals surface area (Å²) in [7, 11) is 0. The monoisotopic (exact) mass is 700 g/mol. The highest BCUT2D eigenvalue weighted by Gasteiger charge is 2.24. The van der Waals surface area contributed by atoms with E-state index in [4.69, 9.17) is 43.8 Å². The highest BCUT2D eigenvalue weighted by atomic mass is 35.5. The first kappa shape index (κ1) is 42.2. The molecule has 0 spiro atoms. The zero-order valence-corrected chi connectivity index (χ0v) is 26.8. The molecule has 2 rings (SSSR count). The van der Waals surface area contributed by atoms with E-state index in [9.17, 15) is 25.2 Å². The van der Waals surface area contributed by atoms with Crippen molar-refractivity contribution < 1.29 is 40.2 Å². The summed E-state index contributed by atoms with van der Waals surface area (Å²) in [6, 6.07) is 7.45. The van der Waals surface area contributed by atoms with E-state index in [0.717, 1.165) is 24.8 Å². The zero-order valence-electron chi connectivity index (χ0n) is 24.4. The summed E-state index contributed by atoms with van der Waals surface area (Å²) >= 11 is 5.78. The third kappa shape index (κ3) is 14.9. The number of anilines is 2. The fraction of sp³-hybridized carbons (Fsp3) is 0.538. The van der Waals surface area contributed by atoms with E-state index in [1.54, 1.807) is 17.0 Å². The Bertz CT molecular complexity index is 1170. The lowest BCUT2D eigenvalue weighted by molar-refractivity contribution is -0.0551. The maximum absolute atomic E-state index is 12.2. The Labute approximate surface area is 278 Å². The molecule has 0 saturated heterocycles. The minimum atomic E-state index is -1.36. The number of aryl methyl sites for hydroxylation is 1. The number of nitrogens with zero attached hydrogens (tertiary/aromatic N) is 4. The van der Waals surface area contributed by atoms with Gasteiger partial charge in [-0.15, -0.1) is 24.8 Å². The van der Waals surface area contributed by atoms with Gasteiger partial charge in [0.1, 0.15) is 24.6 Å². The number of aliphatic hydroxyl groups excluding tert-OH is 6. The third-order valence-electron chi connectivity index (χ3n) is 6.28. The van der Waals surface area contributed by atoms with Crippen LogP contribution in [0.15, 0.2) is 29.3 Å². The molecular formula is C26H43Cl3N8O8. The number of aliphatic imine (C=N–C) groups is 1. The number of halogens is 3. The average molecular weight is 702 g/mol. The van der Waals surface area contributed by atoms with Crippen molar-refractivity contribution in [1.82, 2.24) is 20.2 Å². The fourth-order valence-corrected chi connectivity index (χ4v) is 3.92. The standard InChI is InChI=1S/C26H41ClN8O8.2ClH/c27-22-24(29)33-23(28)21(32-22)25(42)34-26(30)31-8-2-1-3-15-4-6-16(7-5-15)43-10-9-35(11-17(38)19(40)13-36)12-18(39)20(41)14-37;;/h4-7,17-20,36-41H,1-3,8-14H2,(H4,28,29,33)(H3,30,31,34,42);2*1H/t17-,18-,19-,20-;;/m1../s1. The molecule has 16 nitrogen and oxygen atoms in total. The molecule has 4 atom stereocenters. The van der Waals surface area contributed by atoms with Crippen molar-refractivity contribution in [3.63, 3.8) is 0 Å². The Kier molecular flexibility index (Phi) is 20.5. The van der Waals surface area contributed by atoms with Crippen molar-refractivity contribution in [2.24, 2.45) is 10.7 Å². The van der Waals surface area contributed by atoms with Gasteiger partial charge >= 0.3 is 5.91 Å². The number of nitrogens with one attached hydrogen (secondary N) is 1. The predicted octanol–water partition coefficient (Wildman–Crippen LogP) is -1.69. The van der Waals surface area contributed by atoms with Gasteiger partial charge in [-0.25, -0.2) is 9.97 Å². The minimum Gasteiger partial charge on any atom is -0.492 e. The van der Waals surface area contributed by atoms with Crippen molar-refractivity contribution in [2.75, 3.05) is 57.5 Å². The molecule has 0 saturated carbocycles. The molecule has 13 N–H and O–H groups in total. The Morgan fingerprint density at radius 1 is 0.933 bits per heavy atom. The molecule has 1 aromatic carbocycles. The molecule has 19 heteroatoms. The van der Waals surface area contributed by atoms with Gasteiger partial charge in [0.05, 0.1) is 25.4 Å². The van der Waals surface area contributed by atoms with Crippen molar-refractivity contribution >= 4 is 59.9 Å². The molecule has 1 heterocycles. The van der Waals surface area contributed by atoms with Crippen LogP contribution >= 0.6 is 36.4 Å². The van der Waals surface area contributed by atoms with Crippen molar-refractivity contribution in [2.45, 2.75) is 43.7 Å². The van der Waals surface area contributed by atoms with Crippen molar-refractivity contribution in [1.29, 1.82) is 0 Å². The normalized spacial score (nSPS) is 14.1. The number of carbonyl (C=O) groups excluding carboxylic acids is 1. The molecule has 0 aliphatic carbocycles. The van der Waals surface area contributed by atoms with Gasteiger partial charge in [0.25, 0.3) is 0 Å². The lowest BCUT2D eigenvalue weighted by Crippen LogP contribution is -2.47. The number of ether oxygens (including phenoxy) is 1. The van der Waals surface area contributed by atoms with Gasteiger partial charge in [0.15, 0.2) is 28.4 Å². The summed E-state index contributed by atoms with van der Waals surface area (Å²) < 4.78 is 5.76. The number of unbranched alkanes of at least 4 members (excludes halogenated alkanes) is 1. The number of hydrogen-bond acceptors (Lipinski definition) is 13. The summed E-state index contributed by atoms with van der Waals surface area (Å²) in [4.78, 5) is 25.0. The number of amides is 1. The molecule has 1 aromatic heterocycles.